The molecule has 1 fully saturated rings. The van der Waals surface area contributed by atoms with Gasteiger partial charge in [0.25, 0.3) is 0 Å². The van der Waals surface area contributed by atoms with Crippen molar-refractivity contribution in [3.05, 3.63) is 42.5 Å². The number of likely N-dealkylation sites (tertiary alicyclic amines) is 1. The molecule has 0 radical (unpaired) electrons. The molecule has 2 atom stereocenters. The standard InChI is InChI=1S/C16H19NO4/c1-3-11-9-15(18)17(10-11)14(16(19)20)8-12-4-6-13(21-2)7-5-12/h3-7,11,14H,1,8-10H2,2H3,(H,19,20)/t11?,14-/m0/s1. The summed E-state index contributed by atoms with van der Waals surface area (Å²) in [7, 11) is 1.58. The minimum absolute atomic E-state index is 0.0372. The molecule has 0 bridgehead atoms. The third-order valence-electron chi connectivity index (χ3n) is 3.77. The van der Waals surface area contributed by atoms with Crippen LogP contribution in [-0.2, 0) is 16.0 Å². The maximum absolute atomic E-state index is 12.0. The lowest BCUT2D eigenvalue weighted by Crippen LogP contribution is -2.43. The van der Waals surface area contributed by atoms with E-state index in [1.165, 1.54) is 4.90 Å². The Balaban J connectivity index is 2.13. The maximum Gasteiger partial charge on any atom is 0.326 e. The number of rotatable bonds is 6. The van der Waals surface area contributed by atoms with Crippen LogP contribution in [0.5, 0.6) is 5.75 Å². The van der Waals surface area contributed by atoms with Crippen molar-refractivity contribution in [2.45, 2.75) is 18.9 Å². The van der Waals surface area contributed by atoms with Gasteiger partial charge >= 0.3 is 5.97 Å². The Morgan fingerprint density at radius 1 is 1.52 bits per heavy atom. The number of benzene rings is 1. The van der Waals surface area contributed by atoms with Crippen LogP contribution in [0.3, 0.4) is 0 Å². The van der Waals surface area contributed by atoms with Gasteiger partial charge < -0.3 is 14.7 Å². The van der Waals surface area contributed by atoms with Crippen molar-refractivity contribution in [3.8, 4) is 5.75 Å². The quantitative estimate of drug-likeness (QED) is 0.810. The van der Waals surface area contributed by atoms with Crippen molar-refractivity contribution in [3.63, 3.8) is 0 Å². The first-order valence-corrected chi connectivity index (χ1v) is 6.83. The van der Waals surface area contributed by atoms with Gasteiger partial charge in [-0.25, -0.2) is 4.79 Å². The summed E-state index contributed by atoms with van der Waals surface area (Å²) in [6, 6.07) is 6.37. The molecule has 1 aromatic carbocycles. The largest absolute Gasteiger partial charge is 0.497 e. The number of hydrogen-bond acceptors (Lipinski definition) is 3. The van der Waals surface area contributed by atoms with Gasteiger partial charge in [0.15, 0.2) is 0 Å². The minimum Gasteiger partial charge on any atom is -0.497 e. The Labute approximate surface area is 123 Å². The van der Waals surface area contributed by atoms with Crippen molar-refractivity contribution >= 4 is 11.9 Å². The summed E-state index contributed by atoms with van der Waals surface area (Å²) in [4.78, 5) is 24.9. The molecular formula is C16H19NO4. The number of nitrogens with zero attached hydrogens (tertiary/aromatic N) is 1. The SMILES string of the molecule is C=CC1CC(=O)N([C@@H](Cc2ccc(OC)cc2)C(=O)O)C1. The number of methoxy groups -OCH3 is 1. The molecule has 5 nitrogen and oxygen atoms in total. The van der Waals surface area contributed by atoms with Crippen LogP contribution in [0.1, 0.15) is 12.0 Å². The van der Waals surface area contributed by atoms with E-state index in [1.807, 2.05) is 12.1 Å². The molecule has 21 heavy (non-hydrogen) atoms. The van der Waals surface area contributed by atoms with Gasteiger partial charge in [-0.3, -0.25) is 4.79 Å². The summed E-state index contributed by atoms with van der Waals surface area (Å²) in [5, 5.41) is 9.43. The van der Waals surface area contributed by atoms with Crippen molar-refractivity contribution in [1.82, 2.24) is 4.90 Å². The average molecular weight is 289 g/mol. The predicted molar refractivity (Wildman–Crippen MR) is 78.1 cm³/mol. The van der Waals surface area contributed by atoms with E-state index in [9.17, 15) is 14.7 Å². The molecule has 112 valence electrons. The van der Waals surface area contributed by atoms with E-state index in [1.54, 1.807) is 25.3 Å². The monoisotopic (exact) mass is 289 g/mol. The minimum atomic E-state index is -0.983. The Kier molecular flexibility index (Phi) is 4.62. The number of hydrogen-bond donors (Lipinski definition) is 1. The van der Waals surface area contributed by atoms with E-state index < -0.39 is 12.0 Å². The molecule has 0 aliphatic carbocycles. The summed E-state index contributed by atoms with van der Waals surface area (Å²) in [6.45, 7) is 4.10. The average Bonchev–Trinajstić information content (AvgIpc) is 2.86. The summed E-state index contributed by atoms with van der Waals surface area (Å²) >= 11 is 0. The number of aliphatic carboxylic acids is 1. The highest BCUT2D eigenvalue weighted by atomic mass is 16.5. The van der Waals surface area contributed by atoms with Crippen LogP contribution < -0.4 is 4.74 Å². The number of carboxylic acid groups (broad SMARTS) is 1. The van der Waals surface area contributed by atoms with Crippen LogP contribution >= 0.6 is 0 Å². The van der Waals surface area contributed by atoms with Crippen LogP contribution in [0.15, 0.2) is 36.9 Å². The maximum atomic E-state index is 12.0. The Morgan fingerprint density at radius 2 is 2.19 bits per heavy atom. The van der Waals surface area contributed by atoms with Crippen LogP contribution in [0.4, 0.5) is 0 Å². The summed E-state index contributed by atoms with van der Waals surface area (Å²) in [5.74, 6) is -0.352. The lowest BCUT2D eigenvalue weighted by Gasteiger charge is -2.24. The molecule has 1 aromatic rings. The predicted octanol–water partition coefficient (Wildman–Crippen LogP) is 1.73. The van der Waals surface area contributed by atoms with Gasteiger partial charge in [-0.2, -0.15) is 0 Å². The highest BCUT2D eigenvalue weighted by Gasteiger charge is 2.36. The number of carbonyl (C=O) groups excluding carboxylic acids is 1. The topological polar surface area (TPSA) is 66.8 Å². The zero-order valence-electron chi connectivity index (χ0n) is 12.0. The van der Waals surface area contributed by atoms with Gasteiger partial charge in [-0.1, -0.05) is 18.2 Å². The molecule has 0 spiro atoms. The van der Waals surface area contributed by atoms with E-state index in [0.717, 1.165) is 11.3 Å². The molecule has 5 heteroatoms. The Bertz CT molecular complexity index is 538. The fourth-order valence-corrected chi connectivity index (χ4v) is 2.54. The molecule has 1 aliphatic rings. The molecule has 1 heterocycles. The summed E-state index contributed by atoms with van der Waals surface area (Å²) in [6.07, 6.45) is 2.34. The first-order chi connectivity index (χ1) is 10.0. The Hall–Kier alpha value is -2.30. The van der Waals surface area contributed by atoms with E-state index in [0.29, 0.717) is 13.0 Å². The third-order valence-corrected chi connectivity index (χ3v) is 3.77. The van der Waals surface area contributed by atoms with E-state index >= 15 is 0 Å². The molecule has 1 unspecified atom stereocenters. The highest BCUT2D eigenvalue weighted by Crippen LogP contribution is 2.23. The second kappa shape index (κ2) is 6.43. The van der Waals surface area contributed by atoms with Gasteiger partial charge in [-0.15, -0.1) is 6.58 Å². The first kappa shape index (κ1) is 15.1. The highest BCUT2D eigenvalue weighted by molar-refractivity contribution is 5.85. The van der Waals surface area contributed by atoms with Gasteiger partial charge in [0.2, 0.25) is 5.91 Å². The van der Waals surface area contributed by atoms with Crippen LogP contribution in [0.25, 0.3) is 0 Å². The smallest absolute Gasteiger partial charge is 0.326 e. The summed E-state index contributed by atoms with van der Waals surface area (Å²) in [5.41, 5.74) is 0.859. The molecule has 1 aliphatic heterocycles. The molecule has 0 saturated carbocycles. The lowest BCUT2D eigenvalue weighted by molar-refractivity contribution is -0.148. The lowest BCUT2D eigenvalue weighted by atomic mass is 10.0. The van der Waals surface area contributed by atoms with E-state index in [-0.39, 0.29) is 18.2 Å². The van der Waals surface area contributed by atoms with Crippen molar-refractivity contribution < 1.29 is 19.4 Å². The number of ether oxygens (including phenoxy) is 1. The number of carbonyl (C=O) groups is 2. The first-order valence-electron chi connectivity index (χ1n) is 6.83. The van der Waals surface area contributed by atoms with Gasteiger partial charge in [0.1, 0.15) is 11.8 Å². The van der Waals surface area contributed by atoms with Gasteiger partial charge in [-0.05, 0) is 17.7 Å². The zero-order chi connectivity index (χ0) is 15.4. The zero-order valence-corrected chi connectivity index (χ0v) is 12.0. The van der Waals surface area contributed by atoms with Crippen molar-refractivity contribution in [2.75, 3.05) is 13.7 Å². The second-order valence-corrected chi connectivity index (χ2v) is 5.15. The van der Waals surface area contributed by atoms with E-state index in [4.69, 9.17) is 4.74 Å². The van der Waals surface area contributed by atoms with Crippen molar-refractivity contribution in [1.29, 1.82) is 0 Å². The molecular weight excluding hydrogens is 270 g/mol. The second-order valence-electron chi connectivity index (χ2n) is 5.15. The van der Waals surface area contributed by atoms with E-state index in [2.05, 4.69) is 6.58 Å². The number of carboxylic acids is 1. The molecule has 1 saturated heterocycles. The fourth-order valence-electron chi connectivity index (χ4n) is 2.54. The molecule has 1 N–H and O–H groups in total. The molecule has 0 aromatic heterocycles. The summed E-state index contributed by atoms with van der Waals surface area (Å²) < 4.78 is 5.08. The fraction of sp³-hybridized carbons (Fsp3) is 0.375. The van der Waals surface area contributed by atoms with Crippen LogP contribution in [0, 0.1) is 5.92 Å². The Morgan fingerprint density at radius 3 is 2.67 bits per heavy atom. The van der Waals surface area contributed by atoms with Gasteiger partial charge in [0, 0.05) is 25.3 Å². The van der Waals surface area contributed by atoms with Gasteiger partial charge in [0.05, 0.1) is 7.11 Å². The van der Waals surface area contributed by atoms with Crippen LogP contribution in [0.2, 0.25) is 0 Å². The van der Waals surface area contributed by atoms with Crippen molar-refractivity contribution in [2.24, 2.45) is 5.92 Å². The third kappa shape index (κ3) is 3.42. The molecule has 1 amide bonds. The number of amides is 1. The normalized spacial score (nSPS) is 19.4. The molecule has 2 rings (SSSR count). The van der Waals surface area contributed by atoms with Crippen LogP contribution in [-0.4, -0.2) is 41.6 Å².